The topological polar surface area (TPSA) is 141 Å². The number of aliphatic hydroxyl groups excluding tert-OH is 1. The maximum Gasteiger partial charge on any atom is 0.226 e. The summed E-state index contributed by atoms with van der Waals surface area (Å²) in [5.41, 5.74) is 2.07. The number of likely N-dealkylation sites (tertiary alicyclic amines) is 1. The van der Waals surface area contributed by atoms with Gasteiger partial charge in [0, 0.05) is 58.0 Å². The van der Waals surface area contributed by atoms with Gasteiger partial charge in [-0.2, -0.15) is 9.97 Å². The molecule has 4 heterocycles. The number of aromatic nitrogens is 5. The summed E-state index contributed by atoms with van der Waals surface area (Å²) in [5.74, 6) is 2.13. The number of aryl methyl sites for hydroxylation is 1. The number of rotatable bonds is 11. The molecule has 0 spiro atoms. The van der Waals surface area contributed by atoms with Gasteiger partial charge in [-0.3, -0.25) is 9.58 Å². The Labute approximate surface area is 229 Å². The van der Waals surface area contributed by atoms with Crippen molar-refractivity contribution < 1.29 is 13.5 Å². The Morgan fingerprint density at radius 1 is 1.03 bits per heavy atom. The molecule has 12 nitrogen and oxygen atoms in total. The Morgan fingerprint density at radius 2 is 1.79 bits per heavy atom. The summed E-state index contributed by atoms with van der Waals surface area (Å²) in [4.78, 5) is 13.9. The van der Waals surface area contributed by atoms with Gasteiger partial charge in [-0.15, -0.1) is 5.10 Å². The zero-order valence-electron chi connectivity index (χ0n) is 22.1. The third kappa shape index (κ3) is 7.87. The SMILES string of the molecule is O=S1(=O)CCN(c2cc(NC3CCN(Cc4ccccc4)CC3)nc(NCc3cn(CCCO)nn3)n2)CC1. The molecule has 0 aliphatic carbocycles. The molecule has 2 saturated heterocycles. The first-order chi connectivity index (χ1) is 19.0. The average Bonchev–Trinajstić information content (AvgIpc) is 3.40. The van der Waals surface area contributed by atoms with E-state index in [1.165, 1.54) is 5.56 Å². The van der Waals surface area contributed by atoms with E-state index in [1.807, 2.05) is 23.2 Å². The molecule has 13 heteroatoms. The Morgan fingerprint density at radius 3 is 2.54 bits per heavy atom. The number of anilines is 3. The third-order valence-electron chi connectivity index (χ3n) is 7.13. The van der Waals surface area contributed by atoms with Crippen molar-refractivity contribution in [1.82, 2.24) is 29.9 Å². The van der Waals surface area contributed by atoms with Gasteiger partial charge in [0.2, 0.25) is 5.95 Å². The molecular formula is C26H37N9O3S. The van der Waals surface area contributed by atoms with Crippen molar-refractivity contribution in [3.8, 4) is 0 Å². The van der Waals surface area contributed by atoms with Gasteiger partial charge in [0.25, 0.3) is 0 Å². The standard InChI is InChI=1S/C26H37N9O3S/c36-14-4-9-35-20-23(31-32-35)18-27-26-29-24(17-25(30-26)34-12-15-39(37,38)16-13-34)28-22-7-10-33(11-8-22)19-21-5-2-1-3-6-21/h1-3,5-6,17,20,22,36H,4,7-16,18-19H2,(H2,27,28,29,30). The first-order valence-electron chi connectivity index (χ1n) is 13.6. The minimum atomic E-state index is -3.00. The summed E-state index contributed by atoms with van der Waals surface area (Å²) in [7, 11) is -3.00. The molecule has 2 fully saturated rings. The fourth-order valence-electron chi connectivity index (χ4n) is 4.91. The number of nitrogens with one attached hydrogen (secondary N) is 2. The molecule has 0 amide bonds. The van der Waals surface area contributed by atoms with Crippen molar-refractivity contribution in [2.24, 2.45) is 0 Å². The average molecular weight is 556 g/mol. The zero-order chi connectivity index (χ0) is 27.1. The lowest BCUT2D eigenvalue weighted by atomic mass is 10.0. The van der Waals surface area contributed by atoms with Crippen LogP contribution in [0, 0.1) is 0 Å². The normalized spacial score (nSPS) is 18.2. The molecule has 0 saturated carbocycles. The summed E-state index contributed by atoms with van der Waals surface area (Å²) in [6.07, 6.45) is 4.47. The van der Waals surface area contributed by atoms with E-state index in [-0.39, 0.29) is 18.1 Å². The number of hydrogen-bond acceptors (Lipinski definition) is 11. The highest BCUT2D eigenvalue weighted by molar-refractivity contribution is 7.91. The zero-order valence-corrected chi connectivity index (χ0v) is 22.9. The minimum Gasteiger partial charge on any atom is -0.396 e. The molecule has 3 aromatic rings. The van der Waals surface area contributed by atoms with Crippen molar-refractivity contribution in [3.05, 3.63) is 53.9 Å². The van der Waals surface area contributed by atoms with Crippen LogP contribution in [0.15, 0.2) is 42.6 Å². The van der Waals surface area contributed by atoms with Crippen LogP contribution < -0.4 is 15.5 Å². The molecule has 39 heavy (non-hydrogen) atoms. The number of hydrogen-bond donors (Lipinski definition) is 3. The van der Waals surface area contributed by atoms with Crippen LogP contribution in [0.1, 0.15) is 30.5 Å². The van der Waals surface area contributed by atoms with Crippen LogP contribution in [0.5, 0.6) is 0 Å². The second-order valence-corrected chi connectivity index (χ2v) is 12.5. The Hall–Kier alpha value is -3.29. The quantitative estimate of drug-likeness (QED) is 0.316. The molecule has 3 N–H and O–H groups in total. The maximum absolute atomic E-state index is 12.0. The lowest BCUT2D eigenvalue weighted by Crippen LogP contribution is -2.41. The maximum atomic E-state index is 12.0. The van der Waals surface area contributed by atoms with Crippen LogP contribution in [0.4, 0.5) is 17.6 Å². The summed E-state index contributed by atoms with van der Waals surface area (Å²) in [5, 5.41) is 24.2. The highest BCUT2D eigenvalue weighted by Crippen LogP contribution is 2.23. The number of nitrogens with zero attached hydrogens (tertiary/aromatic N) is 7. The molecule has 2 aliphatic rings. The van der Waals surface area contributed by atoms with Crippen LogP contribution >= 0.6 is 0 Å². The Balaban J connectivity index is 1.24. The summed E-state index contributed by atoms with van der Waals surface area (Å²) < 4.78 is 25.7. The van der Waals surface area contributed by atoms with Gasteiger partial charge in [0.05, 0.1) is 24.2 Å². The monoisotopic (exact) mass is 555 g/mol. The van der Waals surface area contributed by atoms with Gasteiger partial charge < -0.3 is 20.6 Å². The van der Waals surface area contributed by atoms with Crippen LogP contribution in [0.2, 0.25) is 0 Å². The molecule has 0 unspecified atom stereocenters. The van der Waals surface area contributed by atoms with Crippen LogP contribution in [0.3, 0.4) is 0 Å². The summed E-state index contributed by atoms with van der Waals surface area (Å²) in [6.45, 7) is 4.90. The molecule has 2 aliphatic heterocycles. The van der Waals surface area contributed by atoms with Crippen LogP contribution in [-0.2, 0) is 29.5 Å². The third-order valence-corrected chi connectivity index (χ3v) is 8.74. The van der Waals surface area contributed by atoms with E-state index in [4.69, 9.17) is 15.1 Å². The fourth-order valence-corrected chi connectivity index (χ4v) is 6.11. The number of benzene rings is 1. The Kier molecular flexibility index (Phi) is 8.89. The number of piperidine rings is 1. The number of aliphatic hydroxyl groups is 1. The van der Waals surface area contributed by atoms with Crippen molar-refractivity contribution in [2.75, 3.05) is 59.8 Å². The van der Waals surface area contributed by atoms with Crippen molar-refractivity contribution in [2.45, 2.75) is 44.9 Å². The van der Waals surface area contributed by atoms with Crippen molar-refractivity contribution >= 4 is 27.4 Å². The van der Waals surface area contributed by atoms with Crippen molar-refractivity contribution in [3.63, 3.8) is 0 Å². The molecule has 0 atom stereocenters. The molecule has 0 radical (unpaired) electrons. The molecular weight excluding hydrogens is 518 g/mol. The second kappa shape index (κ2) is 12.7. The highest BCUT2D eigenvalue weighted by atomic mass is 32.2. The molecule has 1 aromatic carbocycles. The van der Waals surface area contributed by atoms with E-state index in [2.05, 4.69) is 50.1 Å². The first-order valence-corrected chi connectivity index (χ1v) is 15.4. The van der Waals surface area contributed by atoms with Crippen LogP contribution in [-0.4, -0.2) is 93.7 Å². The van der Waals surface area contributed by atoms with Gasteiger partial charge >= 0.3 is 0 Å². The second-order valence-electron chi connectivity index (χ2n) is 10.2. The van der Waals surface area contributed by atoms with E-state index in [0.717, 1.165) is 44.0 Å². The lowest BCUT2D eigenvalue weighted by molar-refractivity contribution is 0.211. The number of sulfone groups is 1. The van der Waals surface area contributed by atoms with E-state index < -0.39 is 9.84 Å². The predicted octanol–water partition coefficient (Wildman–Crippen LogP) is 1.37. The van der Waals surface area contributed by atoms with E-state index >= 15 is 0 Å². The smallest absolute Gasteiger partial charge is 0.226 e. The molecule has 0 bridgehead atoms. The van der Waals surface area contributed by atoms with Gasteiger partial charge in [0.15, 0.2) is 9.84 Å². The van der Waals surface area contributed by atoms with Gasteiger partial charge in [-0.25, -0.2) is 8.42 Å². The Bertz CT molecular complexity index is 1300. The van der Waals surface area contributed by atoms with Gasteiger partial charge in [-0.05, 0) is 24.8 Å². The van der Waals surface area contributed by atoms with Crippen LogP contribution in [0.25, 0.3) is 0 Å². The van der Waals surface area contributed by atoms with Gasteiger partial charge in [0.1, 0.15) is 17.3 Å². The molecule has 5 rings (SSSR count). The van der Waals surface area contributed by atoms with E-state index in [0.29, 0.717) is 50.4 Å². The first kappa shape index (κ1) is 27.3. The summed E-state index contributed by atoms with van der Waals surface area (Å²) in [6, 6.07) is 12.8. The van der Waals surface area contributed by atoms with E-state index in [9.17, 15) is 8.42 Å². The largest absolute Gasteiger partial charge is 0.396 e. The highest BCUT2D eigenvalue weighted by Gasteiger charge is 2.24. The van der Waals surface area contributed by atoms with Crippen molar-refractivity contribution in [1.29, 1.82) is 0 Å². The van der Waals surface area contributed by atoms with Gasteiger partial charge in [-0.1, -0.05) is 35.5 Å². The van der Waals surface area contributed by atoms with E-state index in [1.54, 1.807) is 4.68 Å². The predicted molar refractivity (Wildman–Crippen MR) is 150 cm³/mol. The molecule has 210 valence electrons. The lowest BCUT2D eigenvalue weighted by Gasteiger charge is -2.33. The minimum absolute atomic E-state index is 0.105. The summed E-state index contributed by atoms with van der Waals surface area (Å²) >= 11 is 0. The molecule has 2 aromatic heterocycles. The fraction of sp³-hybridized carbons (Fsp3) is 0.538.